The Morgan fingerprint density at radius 1 is 1.52 bits per heavy atom. The number of benzene rings is 1. The van der Waals surface area contributed by atoms with Gasteiger partial charge in [-0.25, -0.2) is 17.5 Å². The van der Waals surface area contributed by atoms with Crippen molar-refractivity contribution < 1.29 is 22.7 Å². The number of halogens is 2. The molecule has 0 aliphatic carbocycles. The summed E-state index contributed by atoms with van der Waals surface area (Å²) in [6.07, 6.45) is 0.259. The fourth-order valence-corrected chi connectivity index (χ4v) is 3.31. The van der Waals surface area contributed by atoms with Crippen LogP contribution in [0.15, 0.2) is 21.5 Å². The summed E-state index contributed by atoms with van der Waals surface area (Å²) >= 11 is 2.91. The normalized spacial score (nSPS) is 14.9. The molecule has 120 valence electrons. The largest absolute Gasteiger partial charge is 0.398 e. The predicted molar refractivity (Wildman–Crippen MR) is 80.8 cm³/mol. The van der Waals surface area contributed by atoms with Crippen LogP contribution in [0.5, 0.6) is 0 Å². The molecule has 4 N–H and O–H groups in total. The van der Waals surface area contributed by atoms with E-state index in [9.17, 15) is 17.9 Å². The van der Waals surface area contributed by atoms with Crippen LogP contribution in [0, 0.1) is 5.82 Å². The number of nitrogen functional groups attached to an aromatic ring is 1. The molecular weight excluding hydrogens is 367 g/mol. The van der Waals surface area contributed by atoms with E-state index in [0.29, 0.717) is 6.61 Å². The fraction of sp³-hybridized carbons (Fsp3) is 0.500. The van der Waals surface area contributed by atoms with Gasteiger partial charge in [-0.2, -0.15) is 0 Å². The van der Waals surface area contributed by atoms with Gasteiger partial charge in [-0.3, -0.25) is 0 Å². The van der Waals surface area contributed by atoms with E-state index in [2.05, 4.69) is 20.7 Å². The second-order valence-corrected chi connectivity index (χ2v) is 7.46. The summed E-state index contributed by atoms with van der Waals surface area (Å²) < 4.78 is 44.7. The zero-order valence-corrected chi connectivity index (χ0v) is 14.1. The average molecular weight is 385 g/mol. The first-order valence-corrected chi connectivity index (χ1v) is 8.32. The standard InChI is InChI=1S/C12H18BrFN2O4S/c1-12(17,3-4-20-2)7-16-21(18,19)11-5-8(13)9(14)6-10(11)15/h5-6,16-17H,3-4,7,15H2,1-2H3. The van der Waals surface area contributed by atoms with Crippen LogP contribution in [0.25, 0.3) is 0 Å². The SMILES string of the molecule is COCCC(C)(O)CNS(=O)(=O)c1cc(Br)c(F)cc1N. The second kappa shape index (κ2) is 7.01. The molecule has 1 aromatic rings. The molecule has 0 heterocycles. The molecular formula is C12H18BrFN2O4S. The maximum Gasteiger partial charge on any atom is 0.242 e. The van der Waals surface area contributed by atoms with Gasteiger partial charge in [0.05, 0.1) is 15.8 Å². The minimum atomic E-state index is -3.96. The Kier molecular flexibility index (Phi) is 6.11. The molecule has 1 aromatic carbocycles. The topological polar surface area (TPSA) is 102 Å². The Hall–Kier alpha value is -0.740. The van der Waals surface area contributed by atoms with Gasteiger partial charge in [0.25, 0.3) is 0 Å². The zero-order chi connectivity index (χ0) is 16.3. The van der Waals surface area contributed by atoms with Crippen molar-refractivity contribution in [2.75, 3.05) is 26.0 Å². The molecule has 0 spiro atoms. The zero-order valence-electron chi connectivity index (χ0n) is 11.7. The first-order valence-electron chi connectivity index (χ1n) is 6.04. The van der Waals surface area contributed by atoms with Gasteiger partial charge in [0.15, 0.2) is 0 Å². The maximum absolute atomic E-state index is 13.3. The summed E-state index contributed by atoms with van der Waals surface area (Å²) in [7, 11) is -2.48. The number of hydrogen-bond acceptors (Lipinski definition) is 5. The summed E-state index contributed by atoms with van der Waals surface area (Å²) in [6.45, 7) is 1.56. The van der Waals surface area contributed by atoms with E-state index in [1.807, 2.05) is 0 Å². The third-order valence-electron chi connectivity index (χ3n) is 2.83. The van der Waals surface area contributed by atoms with Crippen molar-refractivity contribution in [3.05, 3.63) is 22.4 Å². The lowest BCUT2D eigenvalue weighted by Crippen LogP contribution is -2.41. The highest BCUT2D eigenvalue weighted by atomic mass is 79.9. The molecule has 0 aliphatic heterocycles. The molecule has 0 bridgehead atoms. The van der Waals surface area contributed by atoms with E-state index in [1.54, 1.807) is 0 Å². The van der Waals surface area contributed by atoms with Crippen LogP contribution in [0.2, 0.25) is 0 Å². The molecule has 6 nitrogen and oxygen atoms in total. The summed E-state index contributed by atoms with van der Waals surface area (Å²) in [6, 6.07) is 2.00. The van der Waals surface area contributed by atoms with Gasteiger partial charge in [0.2, 0.25) is 10.0 Å². The molecule has 0 saturated heterocycles. The van der Waals surface area contributed by atoms with Gasteiger partial charge in [0, 0.05) is 26.7 Å². The second-order valence-electron chi connectivity index (χ2n) is 4.87. The molecule has 0 aliphatic rings. The Morgan fingerprint density at radius 3 is 2.71 bits per heavy atom. The maximum atomic E-state index is 13.3. The van der Waals surface area contributed by atoms with Gasteiger partial charge >= 0.3 is 0 Å². The summed E-state index contributed by atoms with van der Waals surface area (Å²) in [5.74, 6) is -0.654. The van der Waals surface area contributed by atoms with Crippen LogP contribution in [0.4, 0.5) is 10.1 Å². The molecule has 1 rings (SSSR count). The van der Waals surface area contributed by atoms with Gasteiger partial charge in [-0.15, -0.1) is 0 Å². The minimum absolute atomic E-state index is 0.0109. The van der Waals surface area contributed by atoms with Crippen molar-refractivity contribution in [3.8, 4) is 0 Å². The van der Waals surface area contributed by atoms with Gasteiger partial charge in [-0.05, 0) is 35.0 Å². The molecule has 9 heteroatoms. The van der Waals surface area contributed by atoms with Crippen LogP contribution in [0.3, 0.4) is 0 Å². The van der Waals surface area contributed by atoms with Crippen LogP contribution in [-0.4, -0.2) is 39.4 Å². The van der Waals surface area contributed by atoms with Crippen LogP contribution < -0.4 is 10.5 Å². The average Bonchev–Trinajstić information content (AvgIpc) is 2.38. The lowest BCUT2D eigenvalue weighted by atomic mass is 10.0. The smallest absolute Gasteiger partial charge is 0.242 e. The van der Waals surface area contributed by atoms with E-state index >= 15 is 0 Å². The molecule has 0 radical (unpaired) electrons. The number of rotatable bonds is 7. The summed E-state index contributed by atoms with van der Waals surface area (Å²) in [4.78, 5) is -0.252. The predicted octanol–water partition coefficient (Wildman–Crippen LogP) is 1.24. The Labute approximate surface area is 131 Å². The Balaban J connectivity index is 2.90. The van der Waals surface area contributed by atoms with Crippen molar-refractivity contribution in [1.82, 2.24) is 4.72 Å². The number of anilines is 1. The minimum Gasteiger partial charge on any atom is -0.398 e. The monoisotopic (exact) mass is 384 g/mol. The molecule has 0 aromatic heterocycles. The molecule has 0 fully saturated rings. The molecule has 21 heavy (non-hydrogen) atoms. The van der Waals surface area contributed by atoms with Crippen LogP contribution >= 0.6 is 15.9 Å². The number of nitrogens with two attached hydrogens (primary N) is 1. The number of ether oxygens (including phenoxy) is 1. The summed E-state index contributed by atoms with van der Waals surface area (Å²) in [5, 5.41) is 10.0. The van der Waals surface area contributed by atoms with Crippen molar-refractivity contribution in [2.45, 2.75) is 23.8 Å². The highest BCUT2D eigenvalue weighted by Crippen LogP contribution is 2.26. The number of sulfonamides is 1. The van der Waals surface area contributed by atoms with Crippen molar-refractivity contribution in [2.24, 2.45) is 0 Å². The molecule has 0 amide bonds. The van der Waals surface area contributed by atoms with Gasteiger partial charge < -0.3 is 15.6 Å². The molecule has 1 atom stereocenters. The number of nitrogens with one attached hydrogen (secondary N) is 1. The first kappa shape index (κ1) is 18.3. The highest BCUT2D eigenvalue weighted by molar-refractivity contribution is 9.10. The van der Waals surface area contributed by atoms with Crippen molar-refractivity contribution in [1.29, 1.82) is 0 Å². The quantitative estimate of drug-likeness (QED) is 0.613. The van der Waals surface area contributed by atoms with Crippen LogP contribution in [-0.2, 0) is 14.8 Å². The number of hydrogen-bond donors (Lipinski definition) is 3. The highest BCUT2D eigenvalue weighted by Gasteiger charge is 2.25. The number of methoxy groups -OCH3 is 1. The van der Waals surface area contributed by atoms with E-state index in [0.717, 1.165) is 12.1 Å². The third kappa shape index (κ3) is 5.19. The lowest BCUT2D eigenvalue weighted by molar-refractivity contribution is 0.0292. The van der Waals surface area contributed by atoms with E-state index in [4.69, 9.17) is 10.5 Å². The van der Waals surface area contributed by atoms with Crippen molar-refractivity contribution >= 4 is 31.6 Å². The lowest BCUT2D eigenvalue weighted by Gasteiger charge is -2.23. The van der Waals surface area contributed by atoms with Gasteiger partial charge in [-0.1, -0.05) is 0 Å². The van der Waals surface area contributed by atoms with E-state index < -0.39 is 21.4 Å². The van der Waals surface area contributed by atoms with E-state index in [-0.39, 0.29) is 28.0 Å². The molecule has 0 saturated carbocycles. The Bertz CT molecular complexity index is 608. The third-order valence-corrected chi connectivity index (χ3v) is 4.89. The van der Waals surface area contributed by atoms with Crippen molar-refractivity contribution in [3.63, 3.8) is 0 Å². The van der Waals surface area contributed by atoms with E-state index in [1.165, 1.54) is 14.0 Å². The summed E-state index contributed by atoms with van der Waals surface area (Å²) in [5.41, 5.74) is 4.06. The fourth-order valence-electron chi connectivity index (χ4n) is 1.52. The van der Waals surface area contributed by atoms with Crippen LogP contribution in [0.1, 0.15) is 13.3 Å². The first-order chi connectivity index (χ1) is 9.59. The van der Waals surface area contributed by atoms with Gasteiger partial charge in [0.1, 0.15) is 10.7 Å². The molecule has 1 unspecified atom stereocenters. The number of aliphatic hydroxyl groups is 1. The Morgan fingerprint density at radius 2 is 2.14 bits per heavy atom.